The normalized spacial score (nSPS) is 27.1. The van der Waals surface area contributed by atoms with Gasteiger partial charge >= 0.3 is 0 Å². The second-order valence-corrected chi connectivity index (χ2v) is 7.85. The minimum atomic E-state index is -0.561. The molecule has 1 unspecified atom stereocenters. The highest BCUT2D eigenvalue weighted by Crippen LogP contribution is 2.29. The summed E-state index contributed by atoms with van der Waals surface area (Å²) < 4.78 is 0. The molecule has 27 heavy (non-hydrogen) atoms. The molecule has 2 atom stereocenters. The first-order valence-electron chi connectivity index (χ1n) is 9.82. The molecule has 0 bridgehead atoms. The van der Waals surface area contributed by atoms with E-state index in [1.807, 2.05) is 18.2 Å². The molecule has 0 aromatic heterocycles. The van der Waals surface area contributed by atoms with Crippen LogP contribution in [0.15, 0.2) is 23.2 Å². The lowest BCUT2D eigenvalue weighted by Gasteiger charge is -2.29. The summed E-state index contributed by atoms with van der Waals surface area (Å²) in [6.45, 7) is 3.30. The number of nitrogens with zero attached hydrogens (tertiary/aromatic N) is 2. The highest BCUT2D eigenvalue weighted by Gasteiger charge is 2.39. The van der Waals surface area contributed by atoms with Gasteiger partial charge in [0.1, 0.15) is 6.04 Å². The van der Waals surface area contributed by atoms with Gasteiger partial charge in [-0.25, -0.2) is 0 Å². The molecule has 142 valence electrons. The Hall–Kier alpha value is -2.50. The minimum absolute atomic E-state index is 0.127. The van der Waals surface area contributed by atoms with Gasteiger partial charge in [0.05, 0.1) is 6.54 Å². The molecule has 3 aliphatic rings. The fraction of sp³-hybridized carbons (Fsp3) is 0.524. The van der Waals surface area contributed by atoms with E-state index in [0.29, 0.717) is 31.0 Å². The van der Waals surface area contributed by atoms with Gasteiger partial charge in [-0.3, -0.25) is 24.7 Å². The predicted molar refractivity (Wildman–Crippen MR) is 101 cm³/mol. The zero-order chi connectivity index (χ0) is 19.0. The van der Waals surface area contributed by atoms with Gasteiger partial charge in [0.15, 0.2) is 0 Å². The number of benzene rings is 1. The molecule has 1 aliphatic carbocycles. The number of amides is 3. The molecular formula is C21H25N3O3. The Balaban J connectivity index is 1.48. The van der Waals surface area contributed by atoms with Crippen LogP contribution >= 0.6 is 0 Å². The van der Waals surface area contributed by atoms with Crippen LogP contribution in [-0.4, -0.2) is 34.4 Å². The van der Waals surface area contributed by atoms with Crippen LogP contribution in [0.1, 0.15) is 66.9 Å². The van der Waals surface area contributed by atoms with E-state index in [1.165, 1.54) is 25.0 Å². The van der Waals surface area contributed by atoms with Crippen LogP contribution in [0.5, 0.6) is 0 Å². The molecule has 6 heteroatoms. The Bertz CT molecular complexity index is 830. The van der Waals surface area contributed by atoms with E-state index in [0.717, 1.165) is 17.5 Å². The van der Waals surface area contributed by atoms with E-state index >= 15 is 0 Å². The standard InChI is InChI=1S/C21H25N3O3/c1-13-4-2-3-5-17(13)22-11-14-6-7-16-15(10-14)12-24(21(16)27)18-8-9-19(25)23-20(18)26/h6-7,10,13,18H,2-5,8-9,11-12H2,1H3,(H,23,25,26)/t13-,18?/m1/s1. The lowest BCUT2D eigenvalue weighted by atomic mass is 9.88. The van der Waals surface area contributed by atoms with Crippen molar-refractivity contribution in [2.75, 3.05) is 0 Å². The number of fused-ring (bicyclic) bond motifs is 1. The van der Waals surface area contributed by atoms with Gasteiger partial charge in [0.25, 0.3) is 5.91 Å². The van der Waals surface area contributed by atoms with Crippen LogP contribution < -0.4 is 5.32 Å². The molecule has 1 saturated heterocycles. The summed E-state index contributed by atoms with van der Waals surface area (Å²) in [4.78, 5) is 42.6. The molecule has 0 spiro atoms. The first kappa shape index (κ1) is 17.9. The number of rotatable bonds is 3. The fourth-order valence-corrected chi connectivity index (χ4v) is 4.32. The number of carbonyl (C=O) groups is 3. The lowest BCUT2D eigenvalue weighted by molar-refractivity contribution is -0.136. The Morgan fingerprint density at radius 2 is 2.00 bits per heavy atom. The molecule has 1 aromatic rings. The van der Waals surface area contributed by atoms with E-state index in [1.54, 1.807) is 4.90 Å². The number of aliphatic imine (C=N–C) groups is 1. The molecule has 2 heterocycles. The van der Waals surface area contributed by atoms with Crippen molar-refractivity contribution in [3.05, 3.63) is 34.9 Å². The van der Waals surface area contributed by atoms with Crippen molar-refractivity contribution in [3.8, 4) is 0 Å². The SMILES string of the molecule is C[C@@H]1CCCCC1=NCc1ccc2c(c1)CN(C1CCC(=O)NC1=O)C2=O. The summed E-state index contributed by atoms with van der Waals surface area (Å²) in [5, 5.41) is 2.34. The van der Waals surface area contributed by atoms with Crippen molar-refractivity contribution in [1.82, 2.24) is 10.2 Å². The average molecular weight is 367 g/mol. The van der Waals surface area contributed by atoms with Crippen LogP contribution in [0.3, 0.4) is 0 Å². The number of nitrogens with one attached hydrogen (secondary N) is 1. The van der Waals surface area contributed by atoms with E-state index < -0.39 is 6.04 Å². The third-order valence-corrected chi connectivity index (χ3v) is 5.94. The molecule has 6 nitrogen and oxygen atoms in total. The topological polar surface area (TPSA) is 78.8 Å². The average Bonchev–Trinajstić information content (AvgIpc) is 2.97. The van der Waals surface area contributed by atoms with Crippen LogP contribution in [0, 0.1) is 5.92 Å². The number of carbonyl (C=O) groups excluding carboxylic acids is 3. The van der Waals surface area contributed by atoms with E-state index in [2.05, 4.69) is 12.2 Å². The Morgan fingerprint density at radius 3 is 2.78 bits per heavy atom. The summed E-state index contributed by atoms with van der Waals surface area (Å²) in [7, 11) is 0. The molecule has 3 amide bonds. The first-order valence-corrected chi connectivity index (χ1v) is 9.82. The maximum atomic E-state index is 12.7. The van der Waals surface area contributed by atoms with Crippen molar-refractivity contribution >= 4 is 23.4 Å². The molecular weight excluding hydrogens is 342 g/mol. The number of imide groups is 1. The zero-order valence-electron chi connectivity index (χ0n) is 15.7. The predicted octanol–water partition coefficient (Wildman–Crippen LogP) is 2.60. The van der Waals surface area contributed by atoms with Gasteiger partial charge in [-0.1, -0.05) is 25.5 Å². The Kier molecular flexibility index (Phi) is 4.81. The van der Waals surface area contributed by atoms with E-state index in [-0.39, 0.29) is 24.1 Å². The van der Waals surface area contributed by atoms with Gasteiger partial charge < -0.3 is 4.90 Å². The molecule has 1 saturated carbocycles. The first-order chi connectivity index (χ1) is 13.0. The van der Waals surface area contributed by atoms with Crippen molar-refractivity contribution in [2.24, 2.45) is 10.9 Å². The Morgan fingerprint density at radius 1 is 1.15 bits per heavy atom. The van der Waals surface area contributed by atoms with Gasteiger partial charge in [-0.2, -0.15) is 0 Å². The third-order valence-electron chi connectivity index (χ3n) is 5.94. The summed E-state index contributed by atoms with van der Waals surface area (Å²) in [6.07, 6.45) is 5.49. The monoisotopic (exact) mass is 367 g/mol. The van der Waals surface area contributed by atoms with Crippen LogP contribution in [0.2, 0.25) is 0 Å². The van der Waals surface area contributed by atoms with Crippen molar-refractivity contribution in [1.29, 1.82) is 0 Å². The molecule has 4 rings (SSSR count). The zero-order valence-corrected chi connectivity index (χ0v) is 15.7. The van der Waals surface area contributed by atoms with Crippen LogP contribution in [0.25, 0.3) is 0 Å². The smallest absolute Gasteiger partial charge is 0.255 e. The highest BCUT2D eigenvalue weighted by molar-refractivity contribution is 6.05. The number of hydrogen-bond donors (Lipinski definition) is 1. The maximum Gasteiger partial charge on any atom is 0.255 e. The summed E-state index contributed by atoms with van der Waals surface area (Å²) in [5.74, 6) is -0.194. The van der Waals surface area contributed by atoms with E-state index in [9.17, 15) is 14.4 Å². The van der Waals surface area contributed by atoms with Gasteiger partial charge in [0.2, 0.25) is 11.8 Å². The Labute approximate surface area is 159 Å². The second kappa shape index (κ2) is 7.25. The van der Waals surface area contributed by atoms with Crippen LogP contribution in [-0.2, 0) is 22.7 Å². The maximum absolute atomic E-state index is 12.7. The minimum Gasteiger partial charge on any atom is -0.322 e. The molecule has 0 radical (unpaired) electrons. The second-order valence-electron chi connectivity index (χ2n) is 7.85. The molecule has 2 fully saturated rings. The van der Waals surface area contributed by atoms with Gasteiger partial charge in [-0.05, 0) is 48.8 Å². The van der Waals surface area contributed by atoms with Crippen molar-refractivity contribution < 1.29 is 14.4 Å². The third kappa shape index (κ3) is 3.53. The van der Waals surface area contributed by atoms with Gasteiger partial charge in [-0.15, -0.1) is 0 Å². The highest BCUT2D eigenvalue weighted by atomic mass is 16.2. The quantitative estimate of drug-likeness (QED) is 0.834. The van der Waals surface area contributed by atoms with Crippen LogP contribution in [0.4, 0.5) is 0 Å². The number of piperidine rings is 1. The van der Waals surface area contributed by atoms with Crippen molar-refractivity contribution in [2.45, 2.75) is 64.6 Å². The van der Waals surface area contributed by atoms with E-state index in [4.69, 9.17) is 4.99 Å². The lowest BCUT2D eigenvalue weighted by Crippen LogP contribution is -2.52. The summed E-state index contributed by atoms with van der Waals surface area (Å²) in [5.41, 5.74) is 4.00. The molecule has 1 N–H and O–H groups in total. The van der Waals surface area contributed by atoms with Gasteiger partial charge in [0, 0.05) is 24.2 Å². The summed E-state index contributed by atoms with van der Waals surface area (Å²) >= 11 is 0. The molecule has 1 aromatic carbocycles. The van der Waals surface area contributed by atoms with Crippen molar-refractivity contribution in [3.63, 3.8) is 0 Å². The summed E-state index contributed by atoms with van der Waals surface area (Å²) in [6, 6.07) is 5.29. The number of hydrogen-bond acceptors (Lipinski definition) is 4. The largest absolute Gasteiger partial charge is 0.322 e. The molecule has 2 aliphatic heterocycles. The fourth-order valence-electron chi connectivity index (χ4n) is 4.32.